The molecule has 4 N–H and O–H groups in total. The lowest BCUT2D eigenvalue weighted by Gasteiger charge is -2.15. The highest BCUT2D eigenvalue weighted by atomic mass is 16.3. The zero-order chi connectivity index (χ0) is 11.5. The summed E-state index contributed by atoms with van der Waals surface area (Å²) in [5, 5.41) is 12.7. The molecular formula is C12H16N2O2. The number of anilines is 1. The van der Waals surface area contributed by atoms with E-state index in [1.165, 1.54) is 0 Å². The van der Waals surface area contributed by atoms with E-state index in [-0.39, 0.29) is 12.1 Å². The van der Waals surface area contributed by atoms with Gasteiger partial charge in [-0.15, -0.1) is 0 Å². The van der Waals surface area contributed by atoms with Gasteiger partial charge >= 0.3 is 0 Å². The molecule has 0 spiro atoms. The van der Waals surface area contributed by atoms with Crippen molar-refractivity contribution in [1.29, 1.82) is 0 Å². The van der Waals surface area contributed by atoms with E-state index in [2.05, 4.69) is 5.32 Å². The number of aliphatic hydroxyl groups excluding tert-OH is 1. The second-order valence-electron chi connectivity index (χ2n) is 4.22. The van der Waals surface area contributed by atoms with Crippen molar-refractivity contribution in [2.24, 2.45) is 5.73 Å². The summed E-state index contributed by atoms with van der Waals surface area (Å²) in [7, 11) is 0. The SMILES string of the molecule is NC(=O)c1ccccc1N[C@@H]1CC[C@@H](O)C1. The summed E-state index contributed by atoms with van der Waals surface area (Å²) in [6.45, 7) is 0. The van der Waals surface area contributed by atoms with Crippen LogP contribution in [-0.2, 0) is 0 Å². The molecule has 4 heteroatoms. The van der Waals surface area contributed by atoms with Crippen LogP contribution in [0, 0.1) is 0 Å². The molecule has 86 valence electrons. The maximum Gasteiger partial charge on any atom is 0.250 e. The number of para-hydroxylation sites is 1. The molecule has 0 saturated heterocycles. The molecule has 1 amide bonds. The minimum Gasteiger partial charge on any atom is -0.393 e. The number of carbonyl (C=O) groups is 1. The molecular weight excluding hydrogens is 204 g/mol. The highest BCUT2D eigenvalue weighted by Crippen LogP contribution is 2.24. The molecule has 2 rings (SSSR count). The normalized spacial score (nSPS) is 24.3. The minimum absolute atomic E-state index is 0.224. The van der Waals surface area contributed by atoms with Gasteiger partial charge < -0.3 is 16.2 Å². The number of rotatable bonds is 3. The topological polar surface area (TPSA) is 75.4 Å². The highest BCUT2D eigenvalue weighted by molar-refractivity contribution is 5.98. The molecule has 0 bridgehead atoms. The lowest BCUT2D eigenvalue weighted by molar-refractivity contribution is 0.100. The van der Waals surface area contributed by atoms with Gasteiger partial charge in [0.1, 0.15) is 0 Å². The van der Waals surface area contributed by atoms with Gasteiger partial charge in [0, 0.05) is 11.7 Å². The van der Waals surface area contributed by atoms with Gasteiger partial charge in [-0.2, -0.15) is 0 Å². The summed E-state index contributed by atoms with van der Waals surface area (Å²) in [4.78, 5) is 11.2. The fourth-order valence-corrected chi connectivity index (χ4v) is 2.13. The standard InChI is InChI=1S/C12H16N2O2/c13-12(16)10-3-1-2-4-11(10)14-8-5-6-9(15)7-8/h1-4,8-9,14-15H,5-7H2,(H2,13,16)/t8-,9-/m1/s1. The van der Waals surface area contributed by atoms with Crippen LogP contribution in [0.1, 0.15) is 29.6 Å². The van der Waals surface area contributed by atoms with Gasteiger partial charge in [-0.1, -0.05) is 12.1 Å². The van der Waals surface area contributed by atoms with Crippen LogP contribution in [0.15, 0.2) is 24.3 Å². The Labute approximate surface area is 94.5 Å². The van der Waals surface area contributed by atoms with Crippen molar-refractivity contribution in [1.82, 2.24) is 0 Å². The number of carbonyl (C=O) groups excluding carboxylic acids is 1. The number of nitrogens with two attached hydrogens (primary N) is 1. The van der Waals surface area contributed by atoms with Crippen molar-refractivity contribution in [2.75, 3.05) is 5.32 Å². The first-order chi connectivity index (χ1) is 7.66. The van der Waals surface area contributed by atoms with Gasteiger partial charge in [0.15, 0.2) is 0 Å². The van der Waals surface area contributed by atoms with E-state index >= 15 is 0 Å². The Bertz CT molecular complexity index is 392. The zero-order valence-corrected chi connectivity index (χ0v) is 9.02. The van der Waals surface area contributed by atoms with Crippen molar-refractivity contribution < 1.29 is 9.90 Å². The fraction of sp³-hybridized carbons (Fsp3) is 0.417. The summed E-state index contributed by atoms with van der Waals surface area (Å²) in [6, 6.07) is 7.42. The molecule has 2 atom stereocenters. The summed E-state index contributed by atoms with van der Waals surface area (Å²) >= 11 is 0. The zero-order valence-electron chi connectivity index (χ0n) is 9.02. The number of nitrogens with one attached hydrogen (secondary N) is 1. The number of primary amides is 1. The Morgan fingerprint density at radius 3 is 2.75 bits per heavy atom. The lowest BCUT2D eigenvalue weighted by atomic mass is 10.1. The van der Waals surface area contributed by atoms with Crippen molar-refractivity contribution in [3.63, 3.8) is 0 Å². The third-order valence-corrected chi connectivity index (χ3v) is 2.96. The Hall–Kier alpha value is -1.55. The van der Waals surface area contributed by atoms with Crippen LogP contribution in [0.4, 0.5) is 5.69 Å². The number of hydrogen-bond acceptors (Lipinski definition) is 3. The summed E-state index contributed by atoms with van der Waals surface area (Å²) in [5.74, 6) is -0.429. The molecule has 4 nitrogen and oxygen atoms in total. The van der Waals surface area contributed by atoms with Gasteiger partial charge in [0.25, 0.3) is 5.91 Å². The summed E-state index contributed by atoms with van der Waals surface area (Å²) in [6.07, 6.45) is 2.25. The van der Waals surface area contributed by atoms with Gasteiger partial charge in [-0.05, 0) is 31.4 Å². The van der Waals surface area contributed by atoms with Crippen LogP contribution in [0.2, 0.25) is 0 Å². The third-order valence-electron chi connectivity index (χ3n) is 2.96. The van der Waals surface area contributed by atoms with Crippen LogP contribution in [0.5, 0.6) is 0 Å². The molecule has 0 radical (unpaired) electrons. The van der Waals surface area contributed by atoms with Crippen LogP contribution in [0.3, 0.4) is 0 Å². The Balaban J connectivity index is 2.12. The van der Waals surface area contributed by atoms with E-state index in [4.69, 9.17) is 5.73 Å². The highest BCUT2D eigenvalue weighted by Gasteiger charge is 2.23. The second-order valence-corrected chi connectivity index (χ2v) is 4.22. The molecule has 1 aliphatic rings. The Morgan fingerprint density at radius 2 is 2.12 bits per heavy atom. The van der Waals surface area contributed by atoms with Crippen LogP contribution in [-0.4, -0.2) is 23.2 Å². The van der Waals surface area contributed by atoms with E-state index in [1.807, 2.05) is 12.1 Å². The quantitative estimate of drug-likeness (QED) is 0.714. The molecule has 1 aromatic rings. The predicted molar refractivity (Wildman–Crippen MR) is 62.2 cm³/mol. The molecule has 1 aromatic carbocycles. The average molecular weight is 220 g/mol. The maximum absolute atomic E-state index is 11.2. The molecule has 1 fully saturated rings. The maximum atomic E-state index is 11.2. The lowest BCUT2D eigenvalue weighted by Crippen LogP contribution is -2.20. The van der Waals surface area contributed by atoms with E-state index < -0.39 is 5.91 Å². The number of aliphatic hydroxyl groups is 1. The van der Waals surface area contributed by atoms with Gasteiger partial charge in [-0.3, -0.25) is 4.79 Å². The average Bonchev–Trinajstić information content (AvgIpc) is 2.64. The number of benzene rings is 1. The van der Waals surface area contributed by atoms with Crippen LogP contribution < -0.4 is 11.1 Å². The molecule has 0 heterocycles. The van der Waals surface area contributed by atoms with Crippen molar-refractivity contribution >= 4 is 11.6 Å². The molecule has 0 unspecified atom stereocenters. The first-order valence-corrected chi connectivity index (χ1v) is 5.50. The van der Waals surface area contributed by atoms with Crippen molar-refractivity contribution in [2.45, 2.75) is 31.4 Å². The third kappa shape index (κ3) is 2.33. The summed E-state index contributed by atoms with van der Waals surface area (Å²) < 4.78 is 0. The van der Waals surface area contributed by atoms with E-state index in [1.54, 1.807) is 12.1 Å². The van der Waals surface area contributed by atoms with Crippen molar-refractivity contribution in [3.05, 3.63) is 29.8 Å². The monoisotopic (exact) mass is 220 g/mol. The van der Waals surface area contributed by atoms with E-state index in [9.17, 15) is 9.90 Å². The Kier molecular flexibility index (Phi) is 3.10. The molecule has 16 heavy (non-hydrogen) atoms. The first-order valence-electron chi connectivity index (χ1n) is 5.50. The van der Waals surface area contributed by atoms with Crippen molar-refractivity contribution in [3.8, 4) is 0 Å². The van der Waals surface area contributed by atoms with Crippen LogP contribution in [0.25, 0.3) is 0 Å². The van der Waals surface area contributed by atoms with Gasteiger partial charge in [0.2, 0.25) is 0 Å². The van der Waals surface area contributed by atoms with Gasteiger partial charge in [-0.25, -0.2) is 0 Å². The molecule has 1 aliphatic carbocycles. The molecule has 0 aliphatic heterocycles. The molecule has 0 aromatic heterocycles. The van der Waals surface area contributed by atoms with E-state index in [0.717, 1.165) is 24.9 Å². The fourth-order valence-electron chi connectivity index (χ4n) is 2.13. The van der Waals surface area contributed by atoms with E-state index in [0.29, 0.717) is 5.56 Å². The van der Waals surface area contributed by atoms with Gasteiger partial charge in [0.05, 0.1) is 11.7 Å². The first kappa shape index (κ1) is 11.0. The Morgan fingerprint density at radius 1 is 1.38 bits per heavy atom. The number of hydrogen-bond donors (Lipinski definition) is 3. The minimum atomic E-state index is -0.429. The molecule has 1 saturated carbocycles. The van der Waals surface area contributed by atoms with Crippen LogP contribution >= 0.6 is 0 Å². The largest absolute Gasteiger partial charge is 0.393 e. The second kappa shape index (κ2) is 4.53. The number of amides is 1. The predicted octanol–water partition coefficient (Wildman–Crippen LogP) is 1.11. The smallest absolute Gasteiger partial charge is 0.250 e. The summed E-state index contributed by atoms with van der Waals surface area (Å²) in [5.41, 5.74) is 6.55.